The highest BCUT2D eigenvalue weighted by Crippen LogP contribution is 2.35. The van der Waals surface area contributed by atoms with E-state index in [2.05, 4.69) is 0 Å². The summed E-state index contributed by atoms with van der Waals surface area (Å²) in [4.78, 5) is 24.6. The van der Waals surface area contributed by atoms with Gasteiger partial charge in [-0.25, -0.2) is 9.59 Å². The molecule has 3 aromatic rings. The molecule has 5 nitrogen and oxygen atoms in total. The first-order valence-electron chi connectivity index (χ1n) is 7.59. The summed E-state index contributed by atoms with van der Waals surface area (Å²) in [6, 6.07) is 23.2. The lowest BCUT2D eigenvalue weighted by molar-refractivity contribution is 0.0651. The summed E-state index contributed by atoms with van der Waals surface area (Å²) in [5, 5.41) is 18.6. The van der Waals surface area contributed by atoms with E-state index >= 15 is 0 Å². The summed E-state index contributed by atoms with van der Waals surface area (Å²) in [6.45, 7) is 0. The van der Waals surface area contributed by atoms with E-state index in [1.54, 1.807) is 6.07 Å². The Labute approximate surface area is 144 Å². The first kappa shape index (κ1) is 16.3. The van der Waals surface area contributed by atoms with Gasteiger partial charge in [0.15, 0.2) is 0 Å². The third-order valence-electron chi connectivity index (χ3n) is 3.75. The van der Waals surface area contributed by atoms with Gasteiger partial charge in [0.25, 0.3) is 0 Å². The van der Waals surface area contributed by atoms with Gasteiger partial charge >= 0.3 is 11.9 Å². The molecule has 3 aromatic carbocycles. The van der Waals surface area contributed by atoms with Crippen LogP contribution in [0.5, 0.6) is 0 Å². The summed E-state index contributed by atoms with van der Waals surface area (Å²) >= 11 is 0. The van der Waals surface area contributed by atoms with Gasteiger partial charge in [-0.2, -0.15) is 0 Å². The minimum Gasteiger partial charge on any atom is -0.478 e. The van der Waals surface area contributed by atoms with Crippen LogP contribution in [0.4, 0.5) is 17.1 Å². The third-order valence-corrected chi connectivity index (χ3v) is 3.75. The predicted molar refractivity (Wildman–Crippen MR) is 95.0 cm³/mol. The molecule has 0 aliphatic carbocycles. The van der Waals surface area contributed by atoms with Crippen molar-refractivity contribution in [3.05, 3.63) is 90.0 Å². The fraction of sp³-hybridized carbons (Fsp3) is 0. The van der Waals surface area contributed by atoms with E-state index in [1.807, 2.05) is 65.6 Å². The quantitative estimate of drug-likeness (QED) is 0.716. The number of aromatic carboxylic acids is 2. The molecule has 0 saturated carbocycles. The van der Waals surface area contributed by atoms with Crippen LogP contribution in [-0.2, 0) is 0 Å². The first-order valence-corrected chi connectivity index (χ1v) is 7.59. The van der Waals surface area contributed by atoms with E-state index in [-0.39, 0.29) is 11.1 Å². The number of nitrogens with zero attached hydrogens (tertiary/aromatic N) is 1. The number of carboxylic acids is 2. The van der Waals surface area contributed by atoms with Gasteiger partial charge < -0.3 is 15.1 Å². The Balaban J connectivity index is 2.19. The highest BCUT2D eigenvalue weighted by atomic mass is 16.4. The molecule has 0 unspecified atom stereocenters. The maximum atomic E-state index is 11.5. The normalized spacial score (nSPS) is 10.2. The number of anilines is 3. The molecule has 0 amide bonds. The summed E-state index contributed by atoms with van der Waals surface area (Å²) in [5.74, 6) is -2.55. The zero-order valence-electron chi connectivity index (χ0n) is 13.2. The van der Waals surface area contributed by atoms with Crippen LogP contribution in [0.1, 0.15) is 20.7 Å². The molecule has 0 atom stereocenters. The Kier molecular flexibility index (Phi) is 4.48. The largest absolute Gasteiger partial charge is 0.478 e. The van der Waals surface area contributed by atoms with E-state index < -0.39 is 11.9 Å². The van der Waals surface area contributed by atoms with Crippen LogP contribution < -0.4 is 4.90 Å². The molecule has 0 spiro atoms. The fourth-order valence-electron chi connectivity index (χ4n) is 2.64. The van der Waals surface area contributed by atoms with Crippen LogP contribution in [0.15, 0.2) is 78.9 Å². The van der Waals surface area contributed by atoms with E-state index in [4.69, 9.17) is 0 Å². The highest BCUT2D eigenvalue weighted by molar-refractivity contribution is 6.03. The lowest BCUT2D eigenvalue weighted by Crippen LogP contribution is -2.13. The Hall–Kier alpha value is -3.60. The zero-order valence-corrected chi connectivity index (χ0v) is 13.2. The second kappa shape index (κ2) is 6.88. The van der Waals surface area contributed by atoms with E-state index in [1.165, 1.54) is 12.1 Å². The number of hydrogen-bond acceptors (Lipinski definition) is 3. The minimum atomic E-state index is -1.28. The SMILES string of the molecule is O=C(O)c1ccc(N(c2ccccc2)c2ccccc2)cc1C(=O)O. The molecule has 0 aliphatic rings. The summed E-state index contributed by atoms with van der Waals surface area (Å²) in [5.41, 5.74) is 1.76. The molecule has 0 heterocycles. The van der Waals surface area contributed by atoms with Crippen LogP contribution in [0.25, 0.3) is 0 Å². The van der Waals surface area contributed by atoms with Crippen molar-refractivity contribution in [2.24, 2.45) is 0 Å². The Bertz CT molecular complexity index is 868. The summed E-state index contributed by atoms with van der Waals surface area (Å²) in [6.07, 6.45) is 0. The van der Waals surface area contributed by atoms with Gasteiger partial charge in [-0.15, -0.1) is 0 Å². The standard InChI is InChI=1S/C20H15NO4/c22-19(23)17-12-11-16(13-18(17)20(24)25)21(14-7-3-1-4-8-14)15-9-5-2-6-10-15/h1-13H,(H,22,23)(H,24,25). The molecule has 2 N–H and O–H groups in total. The number of hydrogen-bond donors (Lipinski definition) is 2. The molecule has 0 aliphatic heterocycles. The Morgan fingerprint density at radius 1 is 0.600 bits per heavy atom. The van der Waals surface area contributed by atoms with E-state index in [9.17, 15) is 19.8 Å². The minimum absolute atomic E-state index is 0.239. The Morgan fingerprint density at radius 2 is 1.08 bits per heavy atom. The van der Waals surface area contributed by atoms with Crippen molar-refractivity contribution in [1.82, 2.24) is 0 Å². The lowest BCUT2D eigenvalue weighted by atomic mass is 10.1. The molecular weight excluding hydrogens is 318 g/mol. The first-order chi connectivity index (χ1) is 12.1. The molecule has 3 rings (SSSR count). The van der Waals surface area contributed by atoms with Crippen molar-refractivity contribution in [1.29, 1.82) is 0 Å². The zero-order chi connectivity index (χ0) is 17.8. The lowest BCUT2D eigenvalue weighted by Gasteiger charge is -2.25. The molecule has 0 saturated heterocycles. The van der Waals surface area contributed by atoms with Crippen LogP contribution in [0, 0.1) is 0 Å². The topological polar surface area (TPSA) is 77.8 Å². The second-order valence-electron chi connectivity index (χ2n) is 5.35. The molecule has 0 bridgehead atoms. The average molecular weight is 333 g/mol. The van der Waals surface area contributed by atoms with Gasteiger partial charge in [-0.1, -0.05) is 36.4 Å². The maximum Gasteiger partial charge on any atom is 0.336 e. The van der Waals surface area contributed by atoms with Crippen LogP contribution >= 0.6 is 0 Å². The summed E-state index contributed by atoms with van der Waals surface area (Å²) in [7, 11) is 0. The van der Waals surface area contributed by atoms with Gasteiger partial charge in [0.1, 0.15) is 0 Å². The van der Waals surface area contributed by atoms with E-state index in [0.717, 1.165) is 11.4 Å². The molecule has 0 fully saturated rings. The van der Waals surface area contributed by atoms with E-state index in [0.29, 0.717) is 5.69 Å². The fourth-order valence-corrected chi connectivity index (χ4v) is 2.64. The van der Waals surface area contributed by atoms with Gasteiger partial charge in [0.2, 0.25) is 0 Å². The van der Waals surface area contributed by atoms with Gasteiger partial charge in [0, 0.05) is 17.1 Å². The number of carbonyl (C=O) groups is 2. The monoisotopic (exact) mass is 333 g/mol. The maximum absolute atomic E-state index is 11.5. The molecular formula is C20H15NO4. The number of carboxylic acid groups (broad SMARTS) is 2. The van der Waals surface area contributed by atoms with Crippen molar-refractivity contribution >= 4 is 29.0 Å². The molecule has 25 heavy (non-hydrogen) atoms. The number of rotatable bonds is 5. The smallest absolute Gasteiger partial charge is 0.336 e. The van der Waals surface area contributed by atoms with Crippen molar-refractivity contribution in [3.8, 4) is 0 Å². The molecule has 5 heteroatoms. The van der Waals surface area contributed by atoms with Crippen molar-refractivity contribution in [2.75, 3.05) is 4.90 Å². The second-order valence-corrected chi connectivity index (χ2v) is 5.35. The molecule has 0 aromatic heterocycles. The van der Waals surface area contributed by atoms with Crippen LogP contribution in [0.2, 0.25) is 0 Å². The third kappa shape index (κ3) is 3.35. The highest BCUT2D eigenvalue weighted by Gasteiger charge is 2.19. The Morgan fingerprint density at radius 3 is 1.52 bits per heavy atom. The summed E-state index contributed by atoms with van der Waals surface area (Å²) < 4.78 is 0. The van der Waals surface area contributed by atoms with Crippen LogP contribution in [-0.4, -0.2) is 22.2 Å². The van der Waals surface area contributed by atoms with Crippen molar-refractivity contribution in [3.63, 3.8) is 0 Å². The van der Waals surface area contributed by atoms with Gasteiger partial charge in [-0.3, -0.25) is 0 Å². The predicted octanol–water partition coefficient (Wildman–Crippen LogP) is 4.55. The van der Waals surface area contributed by atoms with Crippen molar-refractivity contribution < 1.29 is 19.8 Å². The van der Waals surface area contributed by atoms with Gasteiger partial charge in [-0.05, 0) is 42.5 Å². The molecule has 0 radical (unpaired) electrons. The number of benzene rings is 3. The number of para-hydroxylation sites is 2. The van der Waals surface area contributed by atoms with Gasteiger partial charge in [0.05, 0.1) is 11.1 Å². The average Bonchev–Trinajstić information content (AvgIpc) is 2.63. The van der Waals surface area contributed by atoms with Crippen LogP contribution in [0.3, 0.4) is 0 Å². The molecule has 124 valence electrons. The van der Waals surface area contributed by atoms with Crippen molar-refractivity contribution in [2.45, 2.75) is 0 Å².